The highest BCUT2D eigenvalue weighted by molar-refractivity contribution is 7.89. The molecule has 1 aromatic rings. The molecule has 0 aromatic heterocycles. The maximum Gasteiger partial charge on any atom is 0.262 e. The SMILES string of the molecule is O=C1COc2ccc(S(=O)(=O)N[C@H]3CCCCCC[C@@H]3O)cc2N1. The number of hydrogen-bond donors (Lipinski definition) is 3. The minimum atomic E-state index is -3.79. The molecule has 0 bridgehead atoms. The number of amides is 1. The maximum absolute atomic E-state index is 12.6. The van der Waals surface area contributed by atoms with Gasteiger partial charge >= 0.3 is 0 Å². The summed E-state index contributed by atoms with van der Waals surface area (Å²) < 4.78 is 33.1. The summed E-state index contributed by atoms with van der Waals surface area (Å²) in [6.07, 6.45) is 4.45. The van der Waals surface area contributed by atoms with Crippen molar-refractivity contribution in [3.63, 3.8) is 0 Å². The molecule has 8 heteroatoms. The van der Waals surface area contributed by atoms with Crippen LogP contribution in [0.25, 0.3) is 0 Å². The lowest BCUT2D eigenvalue weighted by atomic mass is 9.95. The number of rotatable bonds is 3. The van der Waals surface area contributed by atoms with Gasteiger partial charge in [-0.3, -0.25) is 4.79 Å². The predicted octanol–water partition coefficient (Wildman–Crippen LogP) is 1.38. The number of nitrogens with one attached hydrogen (secondary N) is 2. The Bertz CT molecular complexity index is 719. The Morgan fingerprint density at radius 2 is 1.92 bits per heavy atom. The molecule has 3 N–H and O–H groups in total. The smallest absolute Gasteiger partial charge is 0.262 e. The molecule has 2 aliphatic rings. The van der Waals surface area contributed by atoms with Crippen molar-refractivity contribution in [1.82, 2.24) is 4.72 Å². The highest BCUT2D eigenvalue weighted by Gasteiger charge is 2.27. The highest BCUT2D eigenvalue weighted by Crippen LogP contribution is 2.30. The Morgan fingerprint density at radius 3 is 2.71 bits per heavy atom. The second-order valence-electron chi connectivity index (χ2n) is 6.28. The summed E-state index contributed by atoms with van der Waals surface area (Å²) in [6, 6.07) is 3.85. The first-order valence-electron chi connectivity index (χ1n) is 8.23. The van der Waals surface area contributed by atoms with E-state index in [1.807, 2.05) is 0 Å². The van der Waals surface area contributed by atoms with Crippen LogP contribution in [0.1, 0.15) is 38.5 Å². The van der Waals surface area contributed by atoms with Gasteiger partial charge in [0, 0.05) is 6.04 Å². The summed E-state index contributed by atoms with van der Waals surface area (Å²) in [5, 5.41) is 12.8. The van der Waals surface area contributed by atoms with Crippen molar-refractivity contribution in [3.05, 3.63) is 18.2 Å². The van der Waals surface area contributed by atoms with Crippen LogP contribution in [-0.4, -0.2) is 38.2 Å². The van der Waals surface area contributed by atoms with E-state index < -0.39 is 22.2 Å². The molecule has 3 rings (SSSR count). The van der Waals surface area contributed by atoms with Crippen molar-refractivity contribution in [1.29, 1.82) is 0 Å². The average molecular weight is 354 g/mol. The normalized spacial score (nSPS) is 25.0. The topological polar surface area (TPSA) is 105 Å². The Balaban J connectivity index is 1.79. The second kappa shape index (κ2) is 7.08. The van der Waals surface area contributed by atoms with Gasteiger partial charge in [0.1, 0.15) is 5.75 Å². The molecule has 1 aromatic carbocycles. The van der Waals surface area contributed by atoms with Gasteiger partial charge in [0.05, 0.1) is 16.7 Å². The molecule has 132 valence electrons. The van der Waals surface area contributed by atoms with E-state index in [4.69, 9.17) is 4.74 Å². The van der Waals surface area contributed by atoms with Crippen LogP contribution in [0.2, 0.25) is 0 Å². The van der Waals surface area contributed by atoms with Crippen molar-refractivity contribution < 1.29 is 23.1 Å². The summed E-state index contributed by atoms with van der Waals surface area (Å²) in [7, 11) is -3.79. The fourth-order valence-corrected chi connectivity index (χ4v) is 4.43. The molecule has 1 heterocycles. The zero-order chi connectivity index (χ0) is 17.2. The van der Waals surface area contributed by atoms with Crippen LogP contribution in [0.4, 0.5) is 5.69 Å². The minimum Gasteiger partial charge on any atom is -0.482 e. The number of carbonyl (C=O) groups excluding carboxylic acids is 1. The van der Waals surface area contributed by atoms with Gasteiger partial charge in [0.15, 0.2) is 6.61 Å². The lowest BCUT2D eigenvalue weighted by molar-refractivity contribution is -0.118. The van der Waals surface area contributed by atoms with E-state index in [1.54, 1.807) is 0 Å². The van der Waals surface area contributed by atoms with Gasteiger partial charge in [0.25, 0.3) is 5.91 Å². The molecular weight excluding hydrogens is 332 g/mol. The number of aliphatic hydroxyl groups excluding tert-OH is 1. The predicted molar refractivity (Wildman–Crippen MR) is 88.4 cm³/mol. The summed E-state index contributed by atoms with van der Waals surface area (Å²) in [4.78, 5) is 11.4. The largest absolute Gasteiger partial charge is 0.482 e. The first-order chi connectivity index (χ1) is 11.5. The number of hydrogen-bond acceptors (Lipinski definition) is 5. The molecule has 1 fully saturated rings. The first-order valence-corrected chi connectivity index (χ1v) is 9.71. The van der Waals surface area contributed by atoms with Crippen LogP contribution < -0.4 is 14.8 Å². The van der Waals surface area contributed by atoms with E-state index in [9.17, 15) is 18.3 Å². The van der Waals surface area contributed by atoms with E-state index >= 15 is 0 Å². The molecule has 24 heavy (non-hydrogen) atoms. The maximum atomic E-state index is 12.6. The number of aliphatic hydroxyl groups is 1. The molecule has 1 amide bonds. The van der Waals surface area contributed by atoms with E-state index in [1.165, 1.54) is 18.2 Å². The first kappa shape index (κ1) is 17.2. The lowest BCUT2D eigenvalue weighted by Crippen LogP contribution is -2.43. The number of ether oxygens (including phenoxy) is 1. The van der Waals surface area contributed by atoms with Crippen molar-refractivity contribution in [2.75, 3.05) is 11.9 Å². The standard InChI is InChI=1S/C16H22N2O5S/c19-14-6-4-2-1-3-5-12(14)18-24(21,22)11-7-8-15-13(9-11)17-16(20)10-23-15/h7-9,12,14,18-19H,1-6,10H2,(H,17,20)/t12-,14-/m0/s1. The zero-order valence-corrected chi connectivity index (χ0v) is 14.1. The summed E-state index contributed by atoms with van der Waals surface area (Å²) in [6.45, 7) is -0.0778. The molecule has 0 saturated heterocycles. The average Bonchev–Trinajstić information content (AvgIpc) is 2.54. The van der Waals surface area contributed by atoms with Gasteiger partial charge < -0.3 is 15.2 Å². The molecular formula is C16H22N2O5S. The third-order valence-corrected chi connectivity index (χ3v) is 5.92. The quantitative estimate of drug-likeness (QED) is 0.761. The summed E-state index contributed by atoms with van der Waals surface area (Å²) >= 11 is 0. The molecule has 1 saturated carbocycles. The monoisotopic (exact) mass is 354 g/mol. The summed E-state index contributed by atoms with van der Waals surface area (Å²) in [5.74, 6) is 0.125. The van der Waals surface area contributed by atoms with Gasteiger partial charge in [-0.1, -0.05) is 25.7 Å². The van der Waals surface area contributed by atoms with Crippen molar-refractivity contribution in [2.24, 2.45) is 0 Å². The Kier molecular flexibility index (Phi) is 5.07. The van der Waals surface area contributed by atoms with Crippen molar-refractivity contribution in [3.8, 4) is 5.75 Å². The van der Waals surface area contributed by atoms with Crippen LogP contribution in [0.5, 0.6) is 5.75 Å². The third-order valence-electron chi connectivity index (χ3n) is 4.43. The Labute approximate surface area is 141 Å². The van der Waals surface area contributed by atoms with Crippen molar-refractivity contribution in [2.45, 2.75) is 55.6 Å². The highest BCUT2D eigenvalue weighted by atomic mass is 32.2. The van der Waals surface area contributed by atoms with Gasteiger partial charge in [-0.15, -0.1) is 0 Å². The minimum absolute atomic E-state index is 0.0429. The fourth-order valence-electron chi connectivity index (χ4n) is 3.10. The zero-order valence-electron chi connectivity index (χ0n) is 13.3. The number of carbonyl (C=O) groups is 1. The van der Waals surface area contributed by atoms with Crippen LogP contribution in [-0.2, 0) is 14.8 Å². The van der Waals surface area contributed by atoms with Gasteiger partial charge in [-0.2, -0.15) is 0 Å². The molecule has 1 aliphatic heterocycles. The van der Waals surface area contributed by atoms with E-state index in [0.29, 0.717) is 24.3 Å². The molecule has 7 nitrogen and oxygen atoms in total. The molecule has 0 unspecified atom stereocenters. The Hall–Kier alpha value is -1.64. The van der Waals surface area contributed by atoms with Gasteiger partial charge in [0.2, 0.25) is 10.0 Å². The second-order valence-corrected chi connectivity index (χ2v) is 8.00. The van der Waals surface area contributed by atoms with Crippen LogP contribution in [0.3, 0.4) is 0 Å². The van der Waals surface area contributed by atoms with Crippen LogP contribution >= 0.6 is 0 Å². The van der Waals surface area contributed by atoms with E-state index in [-0.39, 0.29) is 17.4 Å². The molecule has 0 radical (unpaired) electrons. The molecule has 2 atom stereocenters. The number of benzene rings is 1. The molecule has 1 aliphatic carbocycles. The lowest BCUT2D eigenvalue weighted by Gasteiger charge is -2.26. The fraction of sp³-hybridized carbons (Fsp3) is 0.562. The number of sulfonamides is 1. The van der Waals surface area contributed by atoms with E-state index in [2.05, 4.69) is 10.0 Å². The van der Waals surface area contributed by atoms with Crippen molar-refractivity contribution >= 4 is 21.6 Å². The van der Waals surface area contributed by atoms with Crippen LogP contribution in [0, 0.1) is 0 Å². The van der Waals surface area contributed by atoms with Gasteiger partial charge in [-0.25, -0.2) is 13.1 Å². The van der Waals surface area contributed by atoms with E-state index in [0.717, 1.165) is 25.7 Å². The van der Waals surface area contributed by atoms with Crippen LogP contribution in [0.15, 0.2) is 23.1 Å². The Morgan fingerprint density at radius 1 is 1.17 bits per heavy atom. The molecule has 0 spiro atoms. The number of anilines is 1. The third kappa shape index (κ3) is 3.88. The summed E-state index contributed by atoms with van der Waals surface area (Å²) in [5.41, 5.74) is 0.340. The number of fused-ring (bicyclic) bond motifs is 1. The van der Waals surface area contributed by atoms with Gasteiger partial charge in [-0.05, 0) is 31.0 Å².